The maximum absolute atomic E-state index is 12.3. The van der Waals surface area contributed by atoms with Crippen LogP contribution >= 0.6 is 0 Å². The zero-order chi connectivity index (χ0) is 20.7. The van der Waals surface area contributed by atoms with Gasteiger partial charge in [0.15, 0.2) is 0 Å². The van der Waals surface area contributed by atoms with E-state index in [2.05, 4.69) is 5.32 Å². The number of amides is 1. The van der Waals surface area contributed by atoms with Crippen molar-refractivity contribution in [2.75, 3.05) is 6.54 Å². The van der Waals surface area contributed by atoms with Gasteiger partial charge in [-0.25, -0.2) is 9.59 Å². The highest BCUT2D eigenvalue weighted by atomic mass is 16.6. The van der Waals surface area contributed by atoms with Crippen LogP contribution in [0.1, 0.15) is 42.6 Å². The minimum absolute atomic E-state index is 0.120. The van der Waals surface area contributed by atoms with Gasteiger partial charge in [-0.2, -0.15) is 0 Å². The number of hydrogen-bond donors (Lipinski definition) is 2. The van der Waals surface area contributed by atoms with Crippen LogP contribution < -0.4 is 10.1 Å². The Balaban J connectivity index is 2.18. The number of nitrogens with one attached hydrogen (secondary N) is 1. The predicted molar refractivity (Wildman–Crippen MR) is 102 cm³/mol. The molecule has 7 heteroatoms. The zero-order valence-electron chi connectivity index (χ0n) is 16.0. The molecule has 148 valence electrons. The van der Waals surface area contributed by atoms with Crippen LogP contribution in [0.5, 0.6) is 5.75 Å². The van der Waals surface area contributed by atoms with Crippen LogP contribution in [-0.2, 0) is 9.53 Å². The Hall–Kier alpha value is -3.35. The van der Waals surface area contributed by atoms with Gasteiger partial charge in [-0.1, -0.05) is 36.4 Å². The van der Waals surface area contributed by atoms with E-state index in [0.29, 0.717) is 5.56 Å². The number of alkyl carbamates (subject to hydrolysis) is 1. The average molecular weight is 385 g/mol. The normalized spacial score (nSPS) is 12.0. The van der Waals surface area contributed by atoms with E-state index in [9.17, 15) is 19.5 Å². The van der Waals surface area contributed by atoms with Crippen molar-refractivity contribution in [1.29, 1.82) is 0 Å². The molecule has 0 radical (unpaired) electrons. The second-order valence-corrected chi connectivity index (χ2v) is 7.07. The van der Waals surface area contributed by atoms with Gasteiger partial charge in [0.25, 0.3) is 0 Å². The largest absolute Gasteiger partial charge is 0.481 e. The summed E-state index contributed by atoms with van der Waals surface area (Å²) in [5.74, 6) is -2.77. The Morgan fingerprint density at radius 1 is 1.00 bits per heavy atom. The number of para-hydroxylation sites is 1. The molecule has 0 unspecified atom stereocenters. The van der Waals surface area contributed by atoms with Crippen molar-refractivity contribution < 1.29 is 29.0 Å². The first-order valence-corrected chi connectivity index (χ1v) is 8.73. The van der Waals surface area contributed by atoms with Crippen molar-refractivity contribution >= 4 is 18.0 Å². The van der Waals surface area contributed by atoms with E-state index in [1.54, 1.807) is 69.3 Å². The molecule has 7 nitrogen and oxygen atoms in total. The maximum atomic E-state index is 12.3. The third-order valence-corrected chi connectivity index (χ3v) is 3.65. The summed E-state index contributed by atoms with van der Waals surface area (Å²) in [5, 5.41) is 12.1. The summed E-state index contributed by atoms with van der Waals surface area (Å²) in [7, 11) is 0. The smallest absolute Gasteiger partial charge is 0.407 e. The van der Waals surface area contributed by atoms with Crippen LogP contribution in [0.2, 0.25) is 0 Å². The van der Waals surface area contributed by atoms with E-state index in [4.69, 9.17) is 9.47 Å². The molecular weight excluding hydrogens is 362 g/mol. The summed E-state index contributed by atoms with van der Waals surface area (Å²) >= 11 is 0. The third-order valence-electron chi connectivity index (χ3n) is 3.65. The number of benzene rings is 2. The Bertz CT molecular complexity index is 841. The lowest BCUT2D eigenvalue weighted by molar-refractivity contribution is -0.138. The molecule has 0 saturated carbocycles. The van der Waals surface area contributed by atoms with Gasteiger partial charge in [-0.05, 0) is 39.0 Å². The van der Waals surface area contributed by atoms with Gasteiger partial charge >= 0.3 is 18.0 Å². The lowest BCUT2D eigenvalue weighted by Gasteiger charge is -2.21. The summed E-state index contributed by atoms with van der Waals surface area (Å²) < 4.78 is 10.5. The topological polar surface area (TPSA) is 102 Å². The lowest BCUT2D eigenvalue weighted by atomic mass is 9.98. The minimum Gasteiger partial charge on any atom is -0.481 e. The minimum atomic E-state index is -1.17. The molecule has 2 aromatic carbocycles. The van der Waals surface area contributed by atoms with Gasteiger partial charge < -0.3 is 19.9 Å². The zero-order valence-corrected chi connectivity index (χ0v) is 16.0. The molecule has 0 fully saturated rings. The third kappa shape index (κ3) is 6.12. The molecule has 0 saturated heterocycles. The number of aliphatic carboxylic acids is 1. The fourth-order valence-corrected chi connectivity index (χ4v) is 2.42. The Morgan fingerprint density at radius 3 is 2.21 bits per heavy atom. The SMILES string of the molecule is CC(C)(C)OC(=O)NC[C@H](C(=O)O)c1ccccc1OC(=O)c1ccccc1. The number of carboxylic acid groups (broad SMARTS) is 1. The Kier molecular flexibility index (Phi) is 6.76. The maximum Gasteiger partial charge on any atom is 0.407 e. The molecule has 2 rings (SSSR count). The summed E-state index contributed by atoms with van der Waals surface area (Å²) in [6.45, 7) is 4.91. The molecule has 2 N–H and O–H groups in total. The van der Waals surface area contributed by atoms with E-state index in [1.165, 1.54) is 6.07 Å². The second-order valence-electron chi connectivity index (χ2n) is 7.07. The van der Waals surface area contributed by atoms with Crippen LogP contribution in [0.3, 0.4) is 0 Å². The molecule has 28 heavy (non-hydrogen) atoms. The number of rotatable bonds is 6. The van der Waals surface area contributed by atoms with E-state index < -0.39 is 29.6 Å². The molecular formula is C21H23NO6. The van der Waals surface area contributed by atoms with Gasteiger partial charge in [-0.15, -0.1) is 0 Å². The van der Waals surface area contributed by atoms with Crippen molar-refractivity contribution in [3.8, 4) is 5.75 Å². The summed E-state index contributed by atoms with van der Waals surface area (Å²) in [4.78, 5) is 35.9. The van der Waals surface area contributed by atoms with Crippen molar-refractivity contribution in [3.05, 3.63) is 65.7 Å². The molecule has 0 aliphatic carbocycles. The first-order valence-electron chi connectivity index (χ1n) is 8.73. The molecule has 0 aliphatic heterocycles. The van der Waals surface area contributed by atoms with E-state index >= 15 is 0 Å². The standard InChI is InChI=1S/C21H23NO6/c1-21(2,3)28-20(26)22-13-16(18(23)24)15-11-7-8-12-17(15)27-19(25)14-9-5-4-6-10-14/h4-12,16H,13H2,1-3H3,(H,22,26)(H,23,24)/t16-/m0/s1. The van der Waals surface area contributed by atoms with Gasteiger partial charge in [0, 0.05) is 12.1 Å². The molecule has 0 aliphatic rings. The average Bonchev–Trinajstić information content (AvgIpc) is 2.62. The van der Waals surface area contributed by atoms with Crippen molar-refractivity contribution in [3.63, 3.8) is 0 Å². The number of hydrogen-bond acceptors (Lipinski definition) is 5. The number of carbonyl (C=O) groups is 3. The summed E-state index contributed by atoms with van der Waals surface area (Å²) in [5.41, 5.74) is -0.0854. The molecule has 0 spiro atoms. The first kappa shape index (κ1) is 21.0. The number of esters is 1. The molecule has 0 heterocycles. The van der Waals surface area contributed by atoms with E-state index in [0.717, 1.165) is 0 Å². The van der Waals surface area contributed by atoms with Crippen molar-refractivity contribution in [2.45, 2.75) is 32.3 Å². The van der Waals surface area contributed by atoms with Crippen LogP contribution in [0, 0.1) is 0 Å². The number of ether oxygens (including phenoxy) is 2. The summed E-state index contributed by atoms with van der Waals surface area (Å²) in [6, 6.07) is 14.7. The first-order chi connectivity index (χ1) is 13.2. The highest BCUT2D eigenvalue weighted by Crippen LogP contribution is 2.27. The van der Waals surface area contributed by atoms with Gasteiger partial charge in [0.2, 0.25) is 0 Å². The Labute approximate surface area is 163 Å². The van der Waals surface area contributed by atoms with Crippen LogP contribution in [0.15, 0.2) is 54.6 Å². The quantitative estimate of drug-likeness (QED) is 0.582. The van der Waals surface area contributed by atoms with Crippen molar-refractivity contribution in [1.82, 2.24) is 5.32 Å². The van der Waals surface area contributed by atoms with Gasteiger partial charge in [-0.3, -0.25) is 4.79 Å². The highest BCUT2D eigenvalue weighted by Gasteiger charge is 2.26. The number of carbonyl (C=O) groups excluding carboxylic acids is 2. The van der Waals surface area contributed by atoms with Crippen LogP contribution in [-0.4, -0.2) is 35.3 Å². The second kappa shape index (κ2) is 9.03. The molecule has 1 amide bonds. The van der Waals surface area contributed by atoms with E-state index in [1.807, 2.05) is 0 Å². The lowest BCUT2D eigenvalue weighted by Crippen LogP contribution is -2.36. The van der Waals surface area contributed by atoms with Crippen LogP contribution in [0.25, 0.3) is 0 Å². The summed E-state index contributed by atoms with van der Waals surface area (Å²) in [6.07, 6.45) is -0.725. The highest BCUT2D eigenvalue weighted by molar-refractivity contribution is 5.91. The van der Waals surface area contributed by atoms with Gasteiger partial charge in [0.05, 0.1) is 5.56 Å². The molecule has 1 atom stereocenters. The molecule has 0 bridgehead atoms. The fourth-order valence-electron chi connectivity index (χ4n) is 2.42. The molecule has 0 aromatic heterocycles. The van der Waals surface area contributed by atoms with E-state index in [-0.39, 0.29) is 17.9 Å². The van der Waals surface area contributed by atoms with Crippen molar-refractivity contribution in [2.24, 2.45) is 0 Å². The van der Waals surface area contributed by atoms with Gasteiger partial charge in [0.1, 0.15) is 17.3 Å². The van der Waals surface area contributed by atoms with Crippen LogP contribution in [0.4, 0.5) is 4.79 Å². The monoisotopic (exact) mass is 385 g/mol. The predicted octanol–water partition coefficient (Wildman–Crippen LogP) is 3.60. The fraction of sp³-hybridized carbons (Fsp3) is 0.286. The Morgan fingerprint density at radius 2 is 1.61 bits per heavy atom. The number of carboxylic acids is 1. The molecule has 2 aromatic rings.